The molecule has 0 bridgehead atoms. The summed E-state index contributed by atoms with van der Waals surface area (Å²) in [5.74, 6) is -0.255. The van der Waals surface area contributed by atoms with E-state index in [4.69, 9.17) is 9.84 Å². The summed E-state index contributed by atoms with van der Waals surface area (Å²) in [7, 11) is 0. The van der Waals surface area contributed by atoms with Crippen molar-refractivity contribution in [3.8, 4) is 0 Å². The number of aliphatic hydroxyl groups excluding tert-OH is 1. The molecule has 0 saturated heterocycles. The second-order valence-electron chi connectivity index (χ2n) is 3.36. The van der Waals surface area contributed by atoms with Gasteiger partial charge in [-0.3, -0.25) is 4.79 Å². The SMILES string of the molecule is CCCCOC(=O)Cn1cccc1CO. The van der Waals surface area contributed by atoms with Gasteiger partial charge in [0.15, 0.2) is 0 Å². The molecular formula is C11H17NO3. The van der Waals surface area contributed by atoms with Crippen molar-refractivity contribution in [3.05, 3.63) is 24.0 Å². The van der Waals surface area contributed by atoms with Gasteiger partial charge in [-0.25, -0.2) is 0 Å². The van der Waals surface area contributed by atoms with Gasteiger partial charge in [-0.05, 0) is 18.6 Å². The van der Waals surface area contributed by atoms with Crippen molar-refractivity contribution >= 4 is 5.97 Å². The first kappa shape index (κ1) is 11.8. The van der Waals surface area contributed by atoms with E-state index in [1.165, 1.54) is 0 Å². The Morgan fingerprint density at radius 2 is 2.40 bits per heavy atom. The quantitative estimate of drug-likeness (QED) is 0.570. The topological polar surface area (TPSA) is 51.5 Å². The van der Waals surface area contributed by atoms with Crippen LogP contribution in [0.4, 0.5) is 0 Å². The number of rotatable bonds is 6. The van der Waals surface area contributed by atoms with E-state index in [-0.39, 0.29) is 19.1 Å². The van der Waals surface area contributed by atoms with Gasteiger partial charge in [0.1, 0.15) is 6.54 Å². The predicted molar refractivity (Wildman–Crippen MR) is 56.2 cm³/mol. The van der Waals surface area contributed by atoms with Gasteiger partial charge in [0, 0.05) is 11.9 Å². The number of carbonyl (C=O) groups excluding carboxylic acids is 1. The summed E-state index contributed by atoms with van der Waals surface area (Å²) in [6.07, 6.45) is 3.66. The summed E-state index contributed by atoms with van der Waals surface area (Å²) in [6.45, 7) is 2.64. The van der Waals surface area contributed by atoms with Crippen LogP contribution in [0.15, 0.2) is 18.3 Å². The van der Waals surface area contributed by atoms with Crippen LogP contribution in [0, 0.1) is 0 Å². The second-order valence-corrected chi connectivity index (χ2v) is 3.36. The van der Waals surface area contributed by atoms with E-state index in [1.54, 1.807) is 22.9 Å². The average molecular weight is 211 g/mol. The smallest absolute Gasteiger partial charge is 0.325 e. The number of hydrogen-bond acceptors (Lipinski definition) is 3. The largest absolute Gasteiger partial charge is 0.464 e. The predicted octanol–water partition coefficient (Wildman–Crippen LogP) is 1.32. The average Bonchev–Trinajstić information content (AvgIpc) is 2.65. The number of unbranched alkanes of at least 4 members (excludes halogenated alkanes) is 1. The van der Waals surface area contributed by atoms with Gasteiger partial charge in [-0.15, -0.1) is 0 Å². The molecule has 0 saturated carbocycles. The molecular weight excluding hydrogens is 194 g/mol. The van der Waals surface area contributed by atoms with Crippen LogP contribution in [-0.4, -0.2) is 22.2 Å². The van der Waals surface area contributed by atoms with Crippen LogP contribution in [0.2, 0.25) is 0 Å². The number of aromatic nitrogens is 1. The molecule has 0 aromatic carbocycles. The van der Waals surface area contributed by atoms with E-state index in [2.05, 4.69) is 0 Å². The molecule has 0 unspecified atom stereocenters. The molecule has 1 N–H and O–H groups in total. The first-order chi connectivity index (χ1) is 7.27. The number of nitrogens with zero attached hydrogens (tertiary/aromatic N) is 1. The van der Waals surface area contributed by atoms with Gasteiger partial charge >= 0.3 is 5.97 Å². The molecule has 0 aliphatic heterocycles. The van der Waals surface area contributed by atoms with Gasteiger partial charge < -0.3 is 14.4 Å². The lowest BCUT2D eigenvalue weighted by Gasteiger charge is -2.07. The molecule has 15 heavy (non-hydrogen) atoms. The molecule has 1 heterocycles. The highest BCUT2D eigenvalue weighted by molar-refractivity contribution is 5.69. The minimum atomic E-state index is -0.255. The van der Waals surface area contributed by atoms with E-state index in [9.17, 15) is 4.79 Å². The summed E-state index contributed by atoms with van der Waals surface area (Å²) in [5.41, 5.74) is 0.724. The number of ether oxygens (including phenoxy) is 1. The minimum absolute atomic E-state index is 0.0603. The molecule has 0 radical (unpaired) electrons. The summed E-state index contributed by atoms with van der Waals surface area (Å²) in [6, 6.07) is 3.57. The van der Waals surface area contributed by atoms with Crippen LogP contribution >= 0.6 is 0 Å². The van der Waals surface area contributed by atoms with Crippen LogP contribution in [0.3, 0.4) is 0 Å². The molecule has 0 aliphatic rings. The van der Waals surface area contributed by atoms with E-state index in [0.717, 1.165) is 18.5 Å². The lowest BCUT2D eigenvalue weighted by Crippen LogP contribution is -2.15. The Hall–Kier alpha value is -1.29. The van der Waals surface area contributed by atoms with Crippen molar-refractivity contribution in [2.75, 3.05) is 6.61 Å². The zero-order chi connectivity index (χ0) is 11.1. The van der Waals surface area contributed by atoms with Gasteiger partial charge in [0.05, 0.1) is 13.2 Å². The lowest BCUT2D eigenvalue weighted by molar-refractivity contribution is -0.144. The Balaban J connectivity index is 2.37. The van der Waals surface area contributed by atoms with E-state index >= 15 is 0 Å². The molecule has 84 valence electrons. The van der Waals surface area contributed by atoms with Gasteiger partial charge in [-0.1, -0.05) is 13.3 Å². The number of esters is 1. The molecule has 1 aromatic heterocycles. The molecule has 1 aromatic rings. The van der Waals surface area contributed by atoms with Crippen LogP contribution in [0.1, 0.15) is 25.5 Å². The fraction of sp³-hybridized carbons (Fsp3) is 0.545. The van der Waals surface area contributed by atoms with Gasteiger partial charge in [0.25, 0.3) is 0 Å². The molecule has 0 fully saturated rings. The van der Waals surface area contributed by atoms with Crippen LogP contribution in [-0.2, 0) is 22.7 Å². The highest BCUT2D eigenvalue weighted by Crippen LogP contribution is 2.02. The van der Waals surface area contributed by atoms with Crippen LogP contribution in [0.5, 0.6) is 0 Å². The number of carbonyl (C=O) groups is 1. The van der Waals surface area contributed by atoms with Gasteiger partial charge in [-0.2, -0.15) is 0 Å². The molecule has 0 amide bonds. The highest BCUT2D eigenvalue weighted by atomic mass is 16.5. The first-order valence-electron chi connectivity index (χ1n) is 5.18. The molecule has 0 atom stereocenters. The third-order valence-electron chi connectivity index (χ3n) is 2.15. The van der Waals surface area contributed by atoms with E-state index in [1.807, 2.05) is 6.92 Å². The molecule has 0 spiro atoms. The first-order valence-corrected chi connectivity index (χ1v) is 5.18. The van der Waals surface area contributed by atoms with Crippen molar-refractivity contribution in [3.63, 3.8) is 0 Å². The Bertz CT molecular complexity index is 307. The fourth-order valence-corrected chi connectivity index (χ4v) is 1.26. The standard InChI is InChI=1S/C11H17NO3/c1-2-3-7-15-11(14)8-12-6-4-5-10(12)9-13/h4-6,13H,2-3,7-9H2,1H3. The van der Waals surface area contributed by atoms with E-state index in [0.29, 0.717) is 6.61 Å². The zero-order valence-electron chi connectivity index (χ0n) is 8.98. The summed E-state index contributed by atoms with van der Waals surface area (Å²) < 4.78 is 6.70. The third kappa shape index (κ3) is 3.75. The Morgan fingerprint density at radius 1 is 1.60 bits per heavy atom. The minimum Gasteiger partial charge on any atom is -0.464 e. The Morgan fingerprint density at radius 3 is 3.07 bits per heavy atom. The maximum atomic E-state index is 11.3. The number of hydrogen-bond donors (Lipinski definition) is 1. The molecule has 4 nitrogen and oxygen atoms in total. The molecule has 4 heteroatoms. The van der Waals surface area contributed by atoms with Crippen molar-refractivity contribution < 1.29 is 14.6 Å². The summed E-state index contributed by atoms with van der Waals surface area (Å²) in [5, 5.41) is 8.96. The normalized spacial score (nSPS) is 10.3. The van der Waals surface area contributed by atoms with E-state index < -0.39 is 0 Å². The van der Waals surface area contributed by atoms with Crippen molar-refractivity contribution in [2.24, 2.45) is 0 Å². The summed E-state index contributed by atoms with van der Waals surface area (Å²) in [4.78, 5) is 11.3. The Labute approximate surface area is 89.5 Å². The van der Waals surface area contributed by atoms with Crippen molar-refractivity contribution in [1.29, 1.82) is 0 Å². The number of aliphatic hydroxyl groups is 1. The third-order valence-corrected chi connectivity index (χ3v) is 2.15. The van der Waals surface area contributed by atoms with Crippen LogP contribution in [0.25, 0.3) is 0 Å². The second kappa shape index (κ2) is 6.24. The summed E-state index contributed by atoms with van der Waals surface area (Å²) >= 11 is 0. The van der Waals surface area contributed by atoms with Crippen molar-refractivity contribution in [1.82, 2.24) is 4.57 Å². The highest BCUT2D eigenvalue weighted by Gasteiger charge is 2.06. The lowest BCUT2D eigenvalue weighted by atomic mass is 10.4. The molecule has 1 rings (SSSR count). The van der Waals surface area contributed by atoms with Crippen LogP contribution < -0.4 is 0 Å². The molecule has 0 aliphatic carbocycles. The maximum Gasteiger partial charge on any atom is 0.325 e. The fourth-order valence-electron chi connectivity index (χ4n) is 1.26. The Kier molecular flexibility index (Phi) is 4.90. The zero-order valence-corrected chi connectivity index (χ0v) is 8.98. The monoisotopic (exact) mass is 211 g/mol. The van der Waals surface area contributed by atoms with Crippen molar-refractivity contribution in [2.45, 2.75) is 32.9 Å². The van der Waals surface area contributed by atoms with Gasteiger partial charge in [0.2, 0.25) is 0 Å². The maximum absolute atomic E-state index is 11.3.